The molecule has 0 radical (unpaired) electrons. The van der Waals surface area contributed by atoms with Crippen LogP contribution in [0.1, 0.15) is 49.9 Å². The van der Waals surface area contributed by atoms with Crippen molar-refractivity contribution < 1.29 is 0 Å². The van der Waals surface area contributed by atoms with E-state index >= 15 is 0 Å². The van der Waals surface area contributed by atoms with Crippen molar-refractivity contribution in [1.29, 1.82) is 0 Å². The lowest BCUT2D eigenvalue weighted by Gasteiger charge is -2.37. The number of hydrogen-bond acceptors (Lipinski definition) is 3. The van der Waals surface area contributed by atoms with Crippen LogP contribution in [0.2, 0.25) is 0 Å². The van der Waals surface area contributed by atoms with E-state index in [1.54, 1.807) is 11.3 Å². The Morgan fingerprint density at radius 3 is 3.12 bits per heavy atom. The zero-order valence-corrected chi connectivity index (χ0v) is 11.6. The summed E-state index contributed by atoms with van der Waals surface area (Å²) < 4.78 is 0. The second kappa shape index (κ2) is 6.53. The van der Waals surface area contributed by atoms with Gasteiger partial charge in [0, 0.05) is 17.5 Å². The van der Waals surface area contributed by atoms with Crippen LogP contribution in [0.5, 0.6) is 0 Å². The summed E-state index contributed by atoms with van der Waals surface area (Å²) in [4.78, 5) is 3.95. The Kier molecular flexibility index (Phi) is 5.01. The van der Waals surface area contributed by atoms with Crippen LogP contribution >= 0.6 is 11.3 Å². The largest absolute Gasteiger partial charge is 0.322 e. The number of likely N-dealkylation sites (tertiary alicyclic amines) is 1. The number of nitrogens with zero attached hydrogens (tertiary/aromatic N) is 1. The first-order chi connectivity index (χ1) is 8.31. The zero-order valence-electron chi connectivity index (χ0n) is 10.8. The van der Waals surface area contributed by atoms with Gasteiger partial charge in [0.25, 0.3) is 0 Å². The van der Waals surface area contributed by atoms with Gasteiger partial charge < -0.3 is 5.73 Å². The molecule has 2 heterocycles. The van der Waals surface area contributed by atoms with Crippen LogP contribution in [0.4, 0.5) is 0 Å². The van der Waals surface area contributed by atoms with Gasteiger partial charge in [-0.05, 0) is 37.3 Å². The van der Waals surface area contributed by atoms with Gasteiger partial charge in [-0.2, -0.15) is 0 Å². The molecule has 3 heteroatoms. The van der Waals surface area contributed by atoms with Crippen molar-refractivity contribution in [1.82, 2.24) is 4.90 Å². The highest BCUT2D eigenvalue weighted by molar-refractivity contribution is 7.10. The van der Waals surface area contributed by atoms with Crippen molar-refractivity contribution in [2.24, 2.45) is 5.73 Å². The number of thiophene rings is 1. The van der Waals surface area contributed by atoms with E-state index in [0.717, 1.165) is 12.6 Å². The predicted molar refractivity (Wildman–Crippen MR) is 75.4 cm³/mol. The highest BCUT2D eigenvalue weighted by Gasteiger charge is 2.23. The van der Waals surface area contributed by atoms with Crippen LogP contribution in [0.3, 0.4) is 0 Å². The highest BCUT2D eigenvalue weighted by atomic mass is 32.1. The molecule has 0 bridgehead atoms. The Morgan fingerprint density at radius 1 is 1.53 bits per heavy atom. The Hall–Kier alpha value is -0.380. The molecular weight excluding hydrogens is 228 g/mol. The monoisotopic (exact) mass is 252 g/mol. The quantitative estimate of drug-likeness (QED) is 0.870. The third kappa shape index (κ3) is 3.54. The summed E-state index contributed by atoms with van der Waals surface area (Å²) in [6.45, 7) is 4.56. The topological polar surface area (TPSA) is 29.3 Å². The molecule has 1 fully saturated rings. The van der Waals surface area contributed by atoms with E-state index in [-0.39, 0.29) is 6.04 Å². The summed E-state index contributed by atoms with van der Waals surface area (Å²) in [7, 11) is 0. The van der Waals surface area contributed by atoms with Crippen LogP contribution in [0.25, 0.3) is 0 Å². The minimum atomic E-state index is 0.201. The summed E-state index contributed by atoms with van der Waals surface area (Å²) in [5.41, 5.74) is 6.30. The summed E-state index contributed by atoms with van der Waals surface area (Å²) in [5.74, 6) is 0. The lowest BCUT2D eigenvalue weighted by molar-refractivity contribution is 0.132. The molecule has 0 saturated carbocycles. The van der Waals surface area contributed by atoms with Gasteiger partial charge in [-0.25, -0.2) is 0 Å². The molecule has 2 unspecified atom stereocenters. The lowest BCUT2D eigenvalue weighted by Crippen LogP contribution is -2.43. The standard InChI is InChI=1S/C14H24N2S/c1-2-6-12-7-3-4-9-16(12)11-13(15)14-8-5-10-17-14/h5,8,10,12-13H,2-4,6-7,9,11,15H2,1H3. The fraction of sp³-hybridized carbons (Fsp3) is 0.714. The van der Waals surface area contributed by atoms with E-state index in [9.17, 15) is 0 Å². The van der Waals surface area contributed by atoms with E-state index in [4.69, 9.17) is 5.73 Å². The number of nitrogens with two attached hydrogens (primary N) is 1. The van der Waals surface area contributed by atoms with Crippen molar-refractivity contribution in [3.63, 3.8) is 0 Å². The summed E-state index contributed by atoms with van der Waals surface area (Å²) in [5, 5.41) is 2.12. The molecule has 96 valence electrons. The molecule has 2 rings (SSSR count). The van der Waals surface area contributed by atoms with Gasteiger partial charge in [0.1, 0.15) is 0 Å². The SMILES string of the molecule is CCCC1CCCCN1CC(N)c1cccs1. The van der Waals surface area contributed by atoms with Gasteiger partial charge in [-0.1, -0.05) is 25.8 Å². The van der Waals surface area contributed by atoms with Crippen molar-refractivity contribution >= 4 is 11.3 Å². The Labute approximate surface area is 109 Å². The van der Waals surface area contributed by atoms with Gasteiger partial charge in [-0.3, -0.25) is 4.90 Å². The Morgan fingerprint density at radius 2 is 2.41 bits per heavy atom. The molecule has 0 aromatic carbocycles. The molecule has 0 amide bonds. The first kappa shape index (κ1) is 13.1. The third-order valence-electron chi connectivity index (χ3n) is 3.71. The lowest BCUT2D eigenvalue weighted by atomic mass is 9.97. The smallest absolute Gasteiger partial charge is 0.0519 e. The van der Waals surface area contributed by atoms with Gasteiger partial charge in [0.2, 0.25) is 0 Å². The molecule has 2 nitrogen and oxygen atoms in total. The number of hydrogen-bond donors (Lipinski definition) is 1. The first-order valence-electron chi connectivity index (χ1n) is 6.84. The fourth-order valence-corrected chi connectivity index (χ4v) is 3.53. The van der Waals surface area contributed by atoms with Crippen LogP contribution < -0.4 is 5.73 Å². The molecule has 1 aliphatic heterocycles. The molecular formula is C14H24N2S. The van der Waals surface area contributed by atoms with Crippen LogP contribution in [-0.4, -0.2) is 24.0 Å². The highest BCUT2D eigenvalue weighted by Crippen LogP contribution is 2.24. The van der Waals surface area contributed by atoms with E-state index in [1.807, 2.05) is 0 Å². The number of rotatable bonds is 5. The maximum atomic E-state index is 6.30. The summed E-state index contributed by atoms with van der Waals surface area (Å²) in [6, 6.07) is 5.24. The first-order valence-corrected chi connectivity index (χ1v) is 7.72. The Balaban J connectivity index is 1.91. The van der Waals surface area contributed by atoms with Crippen LogP contribution in [0, 0.1) is 0 Å². The van der Waals surface area contributed by atoms with Crippen LogP contribution in [0.15, 0.2) is 17.5 Å². The minimum absolute atomic E-state index is 0.201. The Bertz CT molecular complexity index is 308. The second-order valence-corrected chi connectivity index (χ2v) is 6.03. The van der Waals surface area contributed by atoms with Crippen molar-refractivity contribution in [3.8, 4) is 0 Å². The normalized spacial score (nSPS) is 23.8. The minimum Gasteiger partial charge on any atom is -0.322 e. The molecule has 1 aromatic heterocycles. The van der Waals surface area contributed by atoms with E-state index < -0.39 is 0 Å². The number of piperidine rings is 1. The molecule has 17 heavy (non-hydrogen) atoms. The fourth-order valence-electron chi connectivity index (χ4n) is 2.81. The van der Waals surface area contributed by atoms with Gasteiger partial charge in [-0.15, -0.1) is 11.3 Å². The predicted octanol–water partition coefficient (Wildman–Crippen LogP) is 3.40. The molecule has 2 N–H and O–H groups in total. The van der Waals surface area contributed by atoms with E-state index in [0.29, 0.717) is 0 Å². The maximum absolute atomic E-state index is 6.30. The third-order valence-corrected chi connectivity index (χ3v) is 4.72. The molecule has 1 saturated heterocycles. The second-order valence-electron chi connectivity index (χ2n) is 5.06. The van der Waals surface area contributed by atoms with Crippen molar-refractivity contribution in [2.75, 3.05) is 13.1 Å². The average molecular weight is 252 g/mol. The molecule has 1 aromatic rings. The zero-order chi connectivity index (χ0) is 12.1. The summed E-state index contributed by atoms with van der Waals surface area (Å²) >= 11 is 1.78. The van der Waals surface area contributed by atoms with Gasteiger partial charge in [0.15, 0.2) is 0 Å². The summed E-state index contributed by atoms with van der Waals surface area (Å²) in [6.07, 6.45) is 6.73. The van der Waals surface area contributed by atoms with Gasteiger partial charge >= 0.3 is 0 Å². The van der Waals surface area contributed by atoms with E-state index in [2.05, 4.69) is 29.3 Å². The molecule has 1 aliphatic rings. The maximum Gasteiger partial charge on any atom is 0.0519 e. The van der Waals surface area contributed by atoms with Crippen LogP contribution in [-0.2, 0) is 0 Å². The molecule has 2 atom stereocenters. The van der Waals surface area contributed by atoms with Gasteiger partial charge in [0.05, 0.1) is 6.04 Å². The molecule has 0 spiro atoms. The van der Waals surface area contributed by atoms with E-state index in [1.165, 1.54) is 43.5 Å². The van der Waals surface area contributed by atoms with Crippen molar-refractivity contribution in [3.05, 3.63) is 22.4 Å². The van der Waals surface area contributed by atoms with Crippen molar-refractivity contribution in [2.45, 2.75) is 51.1 Å². The molecule has 0 aliphatic carbocycles. The average Bonchev–Trinajstić information content (AvgIpc) is 2.85.